The van der Waals surface area contributed by atoms with E-state index in [0.29, 0.717) is 12.0 Å². The predicted octanol–water partition coefficient (Wildman–Crippen LogP) is 2.64. The van der Waals surface area contributed by atoms with Crippen LogP contribution in [-0.2, 0) is 6.54 Å². The number of hydrogen-bond donors (Lipinski definition) is 2. The SMILES string of the molecule is Cc1cc2n(n1)C[C@H](CNC[C@@H](c1ccco1)N1CCCCC1)CN2. The average Bonchev–Trinajstić information content (AvgIpc) is 3.28. The van der Waals surface area contributed by atoms with Gasteiger partial charge < -0.3 is 15.1 Å². The maximum absolute atomic E-state index is 5.73. The fraction of sp³-hybridized carbons (Fsp3) is 0.632. The molecule has 0 aliphatic carbocycles. The van der Waals surface area contributed by atoms with E-state index < -0.39 is 0 Å². The van der Waals surface area contributed by atoms with E-state index in [0.717, 1.165) is 43.5 Å². The molecule has 2 aromatic rings. The highest BCUT2D eigenvalue weighted by atomic mass is 16.3. The molecule has 0 radical (unpaired) electrons. The number of fused-ring (bicyclic) bond motifs is 1. The molecular formula is C19H29N5O. The third-order valence-electron chi connectivity index (χ3n) is 5.38. The molecule has 2 aliphatic heterocycles. The number of nitrogens with one attached hydrogen (secondary N) is 2. The summed E-state index contributed by atoms with van der Waals surface area (Å²) >= 11 is 0. The number of aryl methyl sites for hydroxylation is 1. The second-order valence-corrected chi connectivity index (χ2v) is 7.39. The van der Waals surface area contributed by atoms with Gasteiger partial charge in [-0.15, -0.1) is 0 Å². The van der Waals surface area contributed by atoms with Gasteiger partial charge in [-0.1, -0.05) is 6.42 Å². The maximum atomic E-state index is 5.73. The van der Waals surface area contributed by atoms with Gasteiger partial charge >= 0.3 is 0 Å². The summed E-state index contributed by atoms with van der Waals surface area (Å²) in [5.41, 5.74) is 1.08. The van der Waals surface area contributed by atoms with E-state index in [9.17, 15) is 0 Å². The van der Waals surface area contributed by atoms with Crippen LogP contribution in [-0.4, -0.2) is 47.4 Å². The van der Waals surface area contributed by atoms with Crippen molar-refractivity contribution in [3.8, 4) is 0 Å². The molecule has 0 bridgehead atoms. The fourth-order valence-electron chi connectivity index (χ4n) is 4.07. The third-order valence-corrected chi connectivity index (χ3v) is 5.38. The number of rotatable bonds is 6. The van der Waals surface area contributed by atoms with Crippen molar-refractivity contribution in [3.63, 3.8) is 0 Å². The number of likely N-dealkylation sites (tertiary alicyclic amines) is 1. The van der Waals surface area contributed by atoms with E-state index in [1.54, 1.807) is 6.26 Å². The molecule has 2 aliphatic rings. The van der Waals surface area contributed by atoms with Gasteiger partial charge in [0, 0.05) is 38.2 Å². The van der Waals surface area contributed by atoms with Crippen molar-refractivity contribution in [2.24, 2.45) is 5.92 Å². The Labute approximate surface area is 149 Å². The minimum atomic E-state index is 0.342. The van der Waals surface area contributed by atoms with Gasteiger partial charge in [-0.2, -0.15) is 5.10 Å². The lowest BCUT2D eigenvalue weighted by atomic mass is 10.1. The highest BCUT2D eigenvalue weighted by Gasteiger charge is 2.25. The second kappa shape index (κ2) is 7.62. The Hall–Kier alpha value is -1.79. The number of nitrogens with zero attached hydrogens (tertiary/aromatic N) is 3. The molecular weight excluding hydrogens is 314 g/mol. The van der Waals surface area contributed by atoms with Gasteiger partial charge in [0.05, 0.1) is 18.0 Å². The molecule has 1 saturated heterocycles. The van der Waals surface area contributed by atoms with Crippen molar-refractivity contribution in [1.82, 2.24) is 20.0 Å². The molecule has 25 heavy (non-hydrogen) atoms. The molecule has 4 heterocycles. The first kappa shape index (κ1) is 16.7. The zero-order chi connectivity index (χ0) is 17.1. The number of piperidine rings is 1. The zero-order valence-electron chi connectivity index (χ0n) is 15.1. The summed E-state index contributed by atoms with van der Waals surface area (Å²) in [5, 5.41) is 11.8. The fourth-order valence-corrected chi connectivity index (χ4v) is 4.07. The Morgan fingerprint density at radius 3 is 3.04 bits per heavy atom. The Balaban J connectivity index is 1.32. The van der Waals surface area contributed by atoms with Crippen LogP contribution >= 0.6 is 0 Å². The molecule has 0 aromatic carbocycles. The van der Waals surface area contributed by atoms with Crippen molar-refractivity contribution < 1.29 is 4.42 Å². The third kappa shape index (κ3) is 3.90. The van der Waals surface area contributed by atoms with Crippen molar-refractivity contribution in [3.05, 3.63) is 35.9 Å². The monoisotopic (exact) mass is 343 g/mol. The van der Waals surface area contributed by atoms with Crippen molar-refractivity contribution in [1.29, 1.82) is 0 Å². The lowest BCUT2D eigenvalue weighted by Crippen LogP contribution is -2.41. The van der Waals surface area contributed by atoms with Crippen LogP contribution < -0.4 is 10.6 Å². The molecule has 6 heteroatoms. The molecule has 1 fully saturated rings. The van der Waals surface area contributed by atoms with E-state index in [-0.39, 0.29) is 0 Å². The lowest BCUT2D eigenvalue weighted by molar-refractivity contribution is 0.141. The molecule has 136 valence electrons. The lowest BCUT2D eigenvalue weighted by Gasteiger charge is -2.34. The van der Waals surface area contributed by atoms with Crippen LogP contribution in [0.5, 0.6) is 0 Å². The summed E-state index contributed by atoms with van der Waals surface area (Å²) in [6.07, 6.45) is 5.74. The highest BCUT2D eigenvalue weighted by molar-refractivity contribution is 5.38. The Kier molecular flexibility index (Phi) is 5.08. The van der Waals surface area contributed by atoms with Crippen LogP contribution in [0.4, 0.5) is 5.82 Å². The summed E-state index contributed by atoms with van der Waals surface area (Å²) in [6.45, 7) is 8.33. The van der Waals surface area contributed by atoms with E-state index >= 15 is 0 Å². The first-order valence-electron chi connectivity index (χ1n) is 9.56. The van der Waals surface area contributed by atoms with Crippen molar-refractivity contribution >= 4 is 5.82 Å². The average molecular weight is 343 g/mol. The molecule has 6 nitrogen and oxygen atoms in total. The van der Waals surface area contributed by atoms with Crippen LogP contribution in [0.3, 0.4) is 0 Å². The Morgan fingerprint density at radius 2 is 2.24 bits per heavy atom. The van der Waals surface area contributed by atoms with Crippen molar-refractivity contribution in [2.45, 2.75) is 38.8 Å². The number of furan rings is 1. The van der Waals surface area contributed by atoms with Crippen LogP contribution in [0.15, 0.2) is 28.9 Å². The molecule has 0 saturated carbocycles. The molecule has 0 unspecified atom stereocenters. The van der Waals surface area contributed by atoms with Crippen LogP contribution in [0.1, 0.15) is 36.8 Å². The van der Waals surface area contributed by atoms with Crippen molar-refractivity contribution in [2.75, 3.05) is 38.0 Å². The normalized spacial score (nSPS) is 22.4. The molecule has 4 rings (SSSR count). The smallest absolute Gasteiger partial charge is 0.124 e. The van der Waals surface area contributed by atoms with E-state index in [1.165, 1.54) is 32.4 Å². The van der Waals surface area contributed by atoms with E-state index in [1.807, 2.05) is 13.0 Å². The van der Waals surface area contributed by atoms with Gasteiger partial charge in [0.15, 0.2) is 0 Å². The Bertz CT molecular complexity index is 659. The highest BCUT2D eigenvalue weighted by Crippen LogP contribution is 2.25. The van der Waals surface area contributed by atoms with Gasteiger partial charge in [-0.25, -0.2) is 4.68 Å². The van der Waals surface area contributed by atoms with Gasteiger partial charge in [-0.05, 0) is 45.0 Å². The molecule has 2 N–H and O–H groups in total. The van der Waals surface area contributed by atoms with Crippen LogP contribution in [0.2, 0.25) is 0 Å². The molecule has 0 amide bonds. The van der Waals surface area contributed by atoms with Crippen LogP contribution in [0.25, 0.3) is 0 Å². The summed E-state index contributed by atoms with van der Waals surface area (Å²) < 4.78 is 7.83. The molecule has 0 spiro atoms. The first-order chi connectivity index (χ1) is 12.3. The minimum absolute atomic E-state index is 0.342. The number of anilines is 1. The predicted molar refractivity (Wildman–Crippen MR) is 98.7 cm³/mol. The maximum Gasteiger partial charge on any atom is 0.124 e. The summed E-state index contributed by atoms with van der Waals surface area (Å²) in [5.74, 6) is 2.79. The van der Waals surface area contributed by atoms with E-state index in [2.05, 4.69) is 37.4 Å². The first-order valence-corrected chi connectivity index (χ1v) is 9.56. The summed E-state index contributed by atoms with van der Waals surface area (Å²) in [4.78, 5) is 2.57. The number of hydrogen-bond acceptors (Lipinski definition) is 5. The van der Waals surface area contributed by atoms with E-state index in [4.69, 9.17) is 4.42 Å². The standard InChI is InChI=1S/C19H29N5O/c1-15-10-19-21-12-16(14-24(19)22-15)11-20-13-17(18-6-5-9-25-18)23-7-3-2-4-8-23/h5-6,9-10,16-17,20-21H,2-4,7-8,11-14H2,1H3/t16-,17+/m1/s1. The number of aromatic nitrogens is 2. The molecule has 2 aromatic heterocycles. The Morgan fingerprint density at radius 1 is 1.36 bits per heavy atom. The van der Waals surface area contributed by atoms with Gasteiger partial charge in [-0.3, -0.25) is 4.90 Å². The summed E-state index contributed by atoms with van der Waals surface area (Å²) in [6, 6.07) is 6.57. The quantitative estimate of drug-likeness (QED) is 0.844. The topological polar surface area (TPSA) is 58.3 Å². The second-order valence-electron chi connectivity index (χ2n) is 7.39. The zero-order valence-corrected chi connectivity index (χ0v) is 15.1. The summed E-state index contributed by atoms with van der Waals surface area (Å²) in [7, 11) is 0. The van der Waals surface area contributed by atoms with Gasteiger partial charge in [0.25, 0.3) is 0 Å². The minimum Gasteiger partial charge on any atom is -0.468 e. The van der Waals surface area contributed by atoms with Gasteiger partial charge in [0.2, 0.25) is 0 Å². The van der Waals surface area contributed by atoms with Gasteiger partial charge in [0.1, 0.15) is 11.6 Å². The van der Waals surface area contributed by atoms with Crippen LogP contribution in [0, 0.1) is 12.8 Å². The molecule has 2 atom stereocenters. The largest absolute Gasteiger partial charge is 0.468 e.